The first-order chi connectivity index (χ1) is 13.3. The van der Waals surface area contributed by atoms with Crippen molar-refractivity contribution in [2.75, 3.05) is 13.7 Å². The van der Waals surface area contributed by atoms with E-state index in [1.165, 1.54) is 43.5 Å². The molecule has 0 bridgehead atoms. The summed E-state index contributed by atoms with van der Waals surface area (Å²) in [4.78, 5) is 23.8. The van der Waals surface area contributed by atoms with E-state index in [1.54, 1.807) is 12.1 Å². The van der Waals surface area contributed by atoms with Crippen LogP contribution in [0.1, 0.15) is 29.8 Å². The Balaban J connectivity index is 2.00. The zero-order valence-electron chi connectivity index (χ0n) is 15.7. The summed E-state index contributed by atoms with van der Waals surface area (Å²) in [6.45, 7) is 3.29. The molecule has 0 unspecified atom stereocenters. The van der Waals surface area contributed by atoms with Crippen molar-refractivity contribution in [3.8, 4) is 11.5 Å². The van der Waals surface area contributed by atoms with Crippen LogP contribution in [0.5, 0.6) is 11.5 Å². The third kappa shape index (κ3) is 6.09. The number of ether oxygens (including phenoxy) is 3. The van der Waals surface area contributed by atoms with Crippen LogP contribution in [0.2, 0.25) is 5.02 Å². The van der Waals surface area contributed by atoms with E-state index in [1.807, 2.05) is 13.8 Å². The van der Waals surface area contributed by atoms with Crippen LogP contribution in [0.15, 0.2) is 42.5 Å². The molecule has 0 fully saturated rings. The van der Waals surface area contributed by atoms with Crippen molar-refractivity contribution in [2.45, 2.75) is 20.0 Å². The van der Waals surface area contributed by atoms with Crippen molar-refractivity contribution in [2.24, 2.45) is 0 Å². The quantitative estimate of drug-likeness (QED) is 0.361. The molecule has 0 atom stereocenters. The molecular formula is C21H20ClFO5. The Morgan fingerprint density at radius 1 is 1.18 bits per heavy atom. The van der Waals surface area contributed by atoms with Crippen molar-refractivity contribution < 1.29 is 28.2 Å². The summed E-state index contributed by atoms with van der Waals surface area (Å²) < 4.78 is 28.7. The highest BCUT2D eigenvalue weighted by Crippen LogP contribution is 2.37. The summed E-state index contributed by atoms with van der Waals surface area (Å²) in [5.41, 5.74) is 0.857. The van der Waals surface area contributed by atoms with Crippen molar-refractivity contribution in [1.82, 2.24) is 0 Å². The van der Waals surface area contributed by atoms with Crippen molar-refractivity contribution in [1.29, 1.82) is 0 Å². The van der Waals surface area contributed by atoms with E-state index in [0.29, 0.717) is 22.1 Å². The van der Waals surface area contributed by atoms with Gasteiger partial charge in [0, 0.05) is 11.6 Å². The first-order valence-electron chi connectivity index (χ1n) is 8.48. The molecule has 28 heavy (non-hydrogen) atoms. The van der Waals surface area contributed by atoms with Gasteiger partial charge in [0.05, 0.1) is 18.2 Å². The number of ketones is 1. The molecular weight excluding hydrogens is 387 g/mol. The van der Waals surface area contributed by atoms with E-state index < -0.39 is 24.2 Å². The number of rotatable bonds is 8. The summed E-state index contributed by atoms with van der Waals surface area (Å²) in [5, 5.41) is 0.340. The normalized spacial score (nSPS) is 10.9. The minimum atomic E-state index is -0.701. The van der Waals surface area contributed by atoms with E-state index in [0.717, 1.165) is 0 Å². The third-order valence-electron chi connectivity index (χ3n) is 3.53. The average molecular weight is 407 g/mol. The van der Waals surface area contributed by atoms with Gasteiger partial charge in [-0.15, -0.1) is 0 Å². The molecule has 0 aromatic heterocycles. The maximum atomic E-state index is 12.9. The fourth-order valence-electron chi connectivity index (χ4n) is 2.25. The lowest BCUT2D eigenvalue weighted by atomic mass is 10.1. The Kier molecular flexibility index (Phi) is 7.58. The molecule has 2 rings (SSSR count). The van der Waals surface area contributed by atoms with E-state index in [9.17, 15) is 14.0 Å². The second-order valence-corrected chi connectivity index (χ2v) is 6.48. The van der Waals surface area contributed by atoms with Gasteiger partial charge in [-0.25, -0.2) is 9.18 Å². The largest absolute Gasteiger partial charge is 0.493 e. The number of methoxy groups -OCH3 is 1. The highest BCUT2D eigenvalue weighted by atomic mass is 35.5. The van der Waals surface area contributed by atoms with Gasteiger partial charge in [0.15, 0.2) is 23.9 Å². The van der Waals surface area contributed by atoms with Gasteiger partial charge in [-0.3, -0.25) is 4.79 Å². The number of hydrogen-bond acceptors (Lipinski definition) is 5. The molecule has 0 saturated carbocycles. The smallest absolute Gasteiger partial charge is 0.331 e. The lowest BCUT2D eigenvalue weighted by Crippen LogP contribution is -2.12. The lowest BCUT2D eigenvalue weighted by molar-refractivity contribution is -0.136. The van der Waals surface area contributed by atoms with Crippen LogP contribution in [0, 0.1) is 5.82 Å². The Bertz CT molecular complexity index is 875. The number of carbonyl (C=O) groups is 2. The molecule has 2 aromatic rings. The van der Waals surface area contributed by atoms with E-state index in [4.69, 9.17) is 25.8 Å². The summed E-state index contributed by atoms with van der Waals surface area (Å²) in [6, 6.07) is 8.27. The summed E-state index contributed by atoms with van der Waals surface area (Å²) in [6.07, 6.45) is 2.57. The van der Waals surface area contributed by atoms with Crippen LogP contribution >= 0.6 is 11.6 Å². The van der Waals surface area contributed by atoms with E-state index in [2.05, 4.69) is 0 Å². The number of carbonyl (C=O) groups excluding carboxylic acids is 2. The predicted molar refractivity (Wildman–Crippen MR) is 104 cm³/mol. The Morgan fingerprint density at radius 3 is 2.46 bits per heavy atom. The Morgan fingerprint density at radius 2 is 1.86 bits per heavy atom. The van der Waals surface area contributed by atoms with Crippen LogP contribution in [0.25, 0.3) is 6.08 Å². The standard InChI is InChI=1S/C21H20ClFO5/c1-13(2)28-21-17(22)10-14(11-19(21)26-3)4-9-20(25)27-12-18(24)15-5-7-16(23)8-6-15/h4-11,13H,12H2,1-3H3/b9-4+. The number of halogens is 2. The molecule has 0 aliphatic heterocycles. The van der Waals surface area contributed by atoms with E-state index in [-0.39, 0.29) is 11.7 Å². The second kappa shape index (κ2) is 9.90. The monoisotopic (exact) mass is 406 g/mol. The Hall–Kier alpha value is -2.86. The van der Waals surface area contributed by atoms with Gasteiger partial charge in [0.25, 0.3) is 0 Å². The zero-order valence-corrected chi connectivity index (χ0v) is 16.5. The third-order valence-corrected chi connectivity index (χ3v) is 3.81. The number of benzene rings is 2. The minimum Gasteiger partial charge on any atom is -0.493 e. The fraction of sp³-hybridized carbons (Fsp3) is 0.238. The van der Waals surface area contributed by atoms with Gasteiger partial charge in [-0.2, -0.15) is 0 Å². The maximum absolute atomic E-state index is 12.9. The zero-order chi connectivity index (χ0) is 20.7. The maximum Gasteiger partial charge on any atom is 0.331 e. The van der Waals surface area contributed by atoms with E-state index >= 15 is 0 Å². The molecule has 7 heteroatoms. The van der Waals surface area contributed by atoms with Gasteiger partial charge in [-0.1, -0.05) is 11.6 Å². The molecule has 0 amide bonds. The van der Waals surface area contributed by atoms with Gasteiger partial charge < -0.3 is 14.2 Å². The molecule has 148 valence electrons. The molecule has 0 aliphatic carbocycles. The van der Waals surface area contributed by atoms with Crippen LogP contribution < -0.4 is 9.47 Å². The predicted octanol–water partition coefficient (Wildman–Crippen LogP) is 4.71. The first kappa shape index (κ1) is 21.4. The van der Waals surface area contributed by atoms with Crippen LogP contribution in [-0.4, -0.2) is 31.6 Å². The van der Waals surface area contributed by atoms with Gasteiger partial charge >= 0.3 is 5.97 Å². The molecule has 0 aliphatic rings. The van der Waals surface area contributed by atoms with Crippen LogP contribution in [-0.2, 0) is 9.53 Å². The number of esters is 1. The average Bonchev–Trinajstić information content (AvgIpc) is 2.66. The molecule has 0 N–H and O–H groups in total. The van der Waals surface area contributed by atoms with Crippen molar-refractivity contribution >= 4 is 29.4 Å². The lowest BCUT2D eigenvalue weighted by Gasteiger charge is -2.15. The fourth-order valence-corrected chi connectivity index (χ4v) is 2.52. The molecule has 0 saturated heterocycles. The van der Waals surface area contributed by atoms with Crippen LogP contribution in [0.4, 0.5) is 4.39 Å². The van der Waals surface area contributed by atoms with Gasteiger partial charge in [0.2, 0.25) is 0 Å². The highest BCUT2D eigenvalue weighted by molar-refractivity contribution is 6.32. The number of Topliss-reactive ketones (excluding diaryl/α,β-unsaturated/α-hetero) is 1. The van der Waals surface area contributed by atoms with Crippen LogP contribution in [0.3, 0.4) is 0 Å². The Labute approximate surface area is 167 Å². The van der Waals surface area contributed by atoms with Crippen molar-refractivity contribution in [3.63, 3.8) is 0 Å². The second-order valence-electron chi connectivity index (χ2n) is 6.07. The summed E-state index contributed by atoms with van der Waals surface area (Å²) in [5.74, 6) is -0.727. The molecule has 0 spiro atoms. The minimum absolute atomic E-state index is 0.0820. The van der Waals surface area contributed by atoms with Gasteiger partial charge in [0.1, 0.15) is 5.82 Å². The molecule has 0 heterocycles. The number of hydrogen-bond donors (Lipinski definition) is 0. The summed E-state index contributed by atoms with van der Waals surface area (Å²) >= 11 is 6.23. The molecule has 0 radical (unpaired) electrons. The molecule has 5 nitrogen and oxygen atoms in total. The SMILES string of the molecule is COc1cc(/C=C/C(=O)OCC(=O)c2ccc(F)cc2)cc(Cl)c1OC(C)C. The first-order valence-corrected chi connectivity index (χ1v) is 8.85. The molecule has 2 aromatic carbocycles. The van der Waals surface area contributed by atoms with Crippen molar-refractivity contribution in [3.05, 3.63) is 64.4 Å². The van der Waals surface area contributed by atoms with Gasteiger partial charge in [-0.05, 0) is 61.9 Å². The summed E-state index contributed by atoms with van der Waals surface area (Å²) in [7, 11) is 1.49. The highest BCUT2D eigenvalue weighted by Gasteiger charge is 2.13. The topological polar surface area (TPSA) is 61.8 Å².